The topological polar surface area (TPSA) is 56.1 Å². The lowest BCUT2D eigenvalue weighted by atomic mass is 10.0. The molecule has 0 unspecified atom stereocenters. The van der Waals surface area contributed by atoms with Crippen molar-refractivity contribution in [2.45, 2.75) is 0 Å². The minimum absolute atomic E-state index is 0.176. The summed E-state index contributed by atoms with van der Waals surface area (Å²) < 4.78 is 1.000. The first-order valence-electron chi connectivity index (χ1n) is 8.14. The number of aromatic amines is 1. The van der Waals surface area contributed by atoms with Crippen molar-refractivity contribution >= 4 is 38.6 Å². The van der Waals surface area contributed by atoms with Gasteiger partial charge in [0.1, 0.15) is 0 Å². The van der Waals surface area contributed by atoms with Gasteiger partial charge >= 0.3 is 5.91 Å². The number of fused-ring (bicyclic) bond motifs is 1. The Hall–Kier alpha value is -3.05. The zero-order valence-corrected chi connectivity index (χ0v) is 15.3. The summed E-state index contributed by atoms with van der Waals surface area (Å²) in [4.78, 5) is 20.6. The highest BCUT2D eigenvalue weighted by Gasteiger charge is 2.18. The molecule has 2 heterocycles. The number of carbonyl (C=O) groups excluding carboxylic acids is 1. The van der Waals surface area contributed by atoms with Crippen molar-refractivity contribution < 1.29 is 9.78 Å². The molecule has 4 nitrogen and oxygen atoms in total. The van der Waals surface area contributed by atoms with Gasteiger partial charge in [0.25, 0.3) is 5.82 Å². The average Bonchev–Trinajstić information content (AvgIpc) is 2.68. The Morgan fingerprint density at radius 2 is 1.73 bits per heavy atom. The van der Waals surface area contributed by atoms with Crippen LogP contribution in [0.3, 0.4) is 0 Å². The third-order valence-electron chi connectivity index (χ3n) is 4.06. The number of carbonyl (C=O) groups is 1. The molecule has 0 aliphatic carbocycles. The molecule has 0 saturated carbocycles. The van der Waals surface area contributed by atoms with Crippen molar-refractivity contribution in [3.63, 3.8) is 0 Å². The van der Waals surface area contributed by atoms with Gasteiger partial charge in [-0.3, -0.25) is 0 Å². The van der Waals surface area contributed by atoms with E-state index in [0.29, 0.717) is 11.4 Å². The predicted molar refractivity (Wildman–Crippen MR) is 106 cm³/mol. The normalized spacial score (nSPS) is 10.7. The lowest BCUT2D eigenvalue weighted by Gasteiger charge is -2.08. The Labute approximate surface area is 159 Å². The quantitative estimate of drug-likeness (QED) is 0.536. The number of para-hydroxylation sites is 1. The Balaban J connectivity index is 1.82. The number of amides is 1. The van der Waals surface area contributed by atoms with Crippen LogP contribution in [0.2, 0.25) is 0 Å². The van der Waals surface area contributed by atoms with Crippen LogP contribution in [0.25, 0.3) is 22.2 Å². The van der Waals surface area contributed by atoms with Crippen LogP contribution in [0.1, 0.15) is 10.4 Å². The number of rotatable bonds is 3. The summed E-state index contributed by atoms with van der Waals surface area (Å²) in [5.74, 6) is 0.466. The number of halogens is 1. The standard InChI is InChI=1S/C21H14BrN3O/c22-15-10-8-14(9-11-15)19-13-17(16-5-1-2-6-18(16)24-19)21(26)25-20-7-3-4-12-23-20/h1-13H,(H,23,25,26)/p+1. The largest absolute Gasteiger partial charge is 0.339 e. The molecule has 0 aliphatic rings. The number of aromatic nitrogens is 2. The van der Waals surface area contributed by atoms with Crippen molar-refractivity contribution in [2.24, 2.45) is 0 Å². The van der Waals surface area contributed by atoms with E-state index in [1.165, 1.54) is 0 Å². The number of H-pyrrole nitrogens is 1. The third kappa shape index (κ3) is 3.34. The van der Waals surface area contributed by atoms with Gasteiger partial charge < -0.3 is 0 Å². The monoisotopic (exact) mass is 404 g/mol. The van der Waals surface area contributed by atoms with E-state index >= 15 is 0 Å². The van der Waals surface area contributed by atoms with Gasteiger partial charge in [-0.15, -0.1) is 0 Å². The fourth-order valence-electron chi connectivity index (χ4n) is 2.79. The Morgan fingerprint density at radius 3 is 2.50 bits per heavy atom. The van der Waals surface area contributed by atoms with Crippen LogP contribution in [-0.4, -0.2) is 10.9 Å². The number of nitrogens with one attached hydrogen (secondary N) is 2. The second-order valence-electron chi connectivity index (χ2n) is 5.81. The number of pyridine rings is 2. The maximum atomic E-state index is 12.9. The second-order valence-corrected chi connectivity index (χ2v) is 6.73. The van der Waals surface area contributed by atoms with Crippen LogP contribution in [0.5, 0.6) is 0 Å². The number of hydrogen-bond acceptors (Lipinski definition) is 2. The molecule has 2 aromatic carbocycles. The minimum atomic E-state index is -0.176. The Bertz CT molecular complexity index is 1080. The van der Waals surface area contributed by atoms with Crippen LogP contribution in [0, 0.1) is 0 Å². The molecule has 126 valence electrons. The molecule has 0 spiro atoms. The van der Waals surface area contributed by atoms with E-state index in [1.807, 2.05) is 72.8 Å². The first-order chi connectivity index (χ1) is 12.7. The lowest BCUT2D eigenvalue weighted by Crippen LogP contribution is -2.19. The van der Waals surface area contributed by atoms with Gasteiger partial charge in [0.2, 0.25) is 0 Å². The van der Waals surface area contributed by atoms with Crippen molar-refractivity contribution in [1.29, 1.82) is 0 Å². The molecule has 1 amide bonds. The molecule has 0 atom stereocenters. The van der Waals surface area contributed by atoms with Crippen molar-refractivity contribution in [3.05, 3.63) is 89.0 Å². The zero-order chi connectivity index (χ0) is 17.9. The molecule has 0 bridgehead atoms. The van der Waals surface area contributed by atoms with Gasteiger partial charge in [-0.1, -0.05) is 52.3 Å². The third-order valence-corrected chi connectivity index (χ3v) is 4.59. The first kappa shape index (κ1) is 16.4. The molecule has 4 rings (SSSR count). The van der Waals surface area contributed by atoms with Gasteiger partial charge in [0.15, 0.2) is 0 Å². The molecule has 0 saturated heterocycles. The molecule has 4 aromatic rings. The van der Waals surface area contributed by atoms with E-state index < -0.39 is 0 Å². The maximum absolute atomic E-state index is 12.9. The molecule has 2 N–H and O–H groups in total. The summed E-state index contributed by atoms with van der Waals surface area (Å²) in [5.41, 5.74) is 3.10. The van der Waals surface area contributed by atoms with E-state index in [2.05, 4.69) is 26.2 Å². The van der Waals surface area contributed by atoms with E-state index in [0.717, 1.165) is 26.6 Å². The summed E-state index contributed by atoms with van der Waals surface area (Å²) in [5, 5.41) is 3.73. The van der Waals surface area contributed by atoms with Crippen LogP contribution in [0.15, 0.2) is 83.5 Å². The molecule has 2 aromatic heterocycles. The van der Waals surface area contributed by atoms with E-state index in [1.54, 1.807) is 6.20 Å². The minimum Gasteiger partial charge on any atom is -0.248 e. The van der Waals surface area contributed by atoms with Crippen molar-refractivity contribution in [2.75, 3.05) is 5.32 Å². The van der Waals surface area contributed by atoms with Crippen molar-refractivity contribution in [1.82, 2.24) is 4.98 Å². The molecular formula is C21H15BrN3O+. The summed E-state index contributed by atoms with van der Waals surface area (Å²) in [7, 11) is 0. The highest BCUT2D eigenvalue weighted by Crippen LogP contribution is 2.26. The molecule has 26 heavy (non-hydrogen) atoms. The lowest BCUT2D eigenvalue weighted by molar-refractivity contribution is -0.360. The number of nitrogens with zero attached hydrogens (tertiary/aromatic N) is 1. The van der Waals surface area contributed by atoms with Gasteiger partial charge in [0.05, 0.1) is 23.0 Å². The average molecular weight is 405 g/mol. The number of anilines is 1. The number of hydrogen-bond donors (Lipinski definition) is 1. The molecular weight excluding hydrogens is 390 g/mol. The summed E-state index contributed by atoms with van der Waals surface area (Å²) >= 11 is 3.44. The molecule has 0 fully saturated rings. The smallest absolute Gasteiger partial charge is 0.248 e. The fraction of sp³-hybridized carbons (Fsp3) is 0. The maximum Gasteiger partial charge on any atom is 0.339 e. The molecule has 5 heteroatoms. The summed E-state index contributed by atoms with van der Waals surface area (Å²) in [6.07, 6.45) is 1.77. The van der Waals surface area contributed by atoms with Gasteiger partial charge in [-0.25, -0.2) is 20.1 Å². The van der Waals surface area contributed by atoms with Crippen LogP contribution < -0.4 is 10.3 Å². The van der Waals surface area contributed by atoms with Crippen LogP contribution in [0.4, 0.5) is 5.82 Å². The van der Waals surface area contributed by atoms with E-state index in [-0.39, 0.29) is 5.91 Å². The predicted octanol–water partition coefficient (Wildman–Crippen LogP) is 4.73. The van der Waals surface area contributed by atoms with Gasteiger partial charge in [0, 0.05) is 21.5 Å². The second kappa shape index (κ2) is 7.06. The first-order valence-corrected chi connectivity index (χ1v) is 8.94. The Morgan fingerprint density at radius 1 is 0.962 bits per heavy atom. The fourth-order valence-corrected chi connectivity index (χ4v) is 3.06. The molecule has 0 radical (unpaired) electrons. The zero-order valence-electron chi connectivity index (χ0n) is 13.7. The highest BCUT2D eigenvalue weighted by molar-refractivity contribution is 9.10. The van der Waals surface area contributed by atoms with Gasteiger partial charge in [-0.05, 0) is 30.3 Å². The number of benzene rings is 2. The highest BCUT2D eigenvalue weighted by atomic mass is 79.9. The van der Waals surface area contributed by atoms with E-state index in [9.17, 15) is 4.79 Å². The summed E-state index contributed by atoms with van der Waals surface area (Å²) in [6.45, 7) is 0. The SMILES string of the molecule is O=C(Nc1cccc[nH+]1)c1cc(-c2ccc(Br)cc2)nc2ccccc12. The Kier molecular flexibility index (Phi) is 4.46. The molecule has 0 aliphatic heterocycles. The van der Waals surface area contributed by atoms with Crippen LogP contribution in [-0.2, 0) is 0 Å². The van der Waals surface area contributed by atoms with Gasteiger partial charge in [-0.2, -0.15) is 0 Å². The van der Waals surface area contributed by atoms with Crippen molar-refractivity contribution in [3.8, 4) is 11.3 Å². The van der Waals surface area contributed by atoms with Crippen LogP contribution >= 0.6 is 15.9 Å². The van der Waals surface area contributed by atoms with E-state index in [4.69, 9.17) is 4.98 Å². The summed E-state index contributed by atoms with van der Waals surface area (Å²) in [6, 6.07) is 22.9.